The predicted octanol–water partition coefficient (Wildman–Crippen LogP) is 28.2. The van der Waals surface area contributed by atoms with Crippen LogP contribution in [0.3, 0.4) is 0 Å². The molecule has 22 aromatic rings. The summed E-state index contributed by atoms with van der Waals surface area (Å²) in [4.78, 5) is 46.6. The maximum Gasteiger partial charge on any atom is 0.164 e. The molecule has 0 N–H and O–H groups in total. The highest BCUT2D eigenvalue weighted by Gasteiger charge is 2.42. The highest BCUT2D eigenvalue weighted by atomic mass is 28.3. The molecule has 0 saturated carbocycles. The lowest BCUT2D eigenvalue weighted by atomic mass is 9.94. The van der Waals surface area contributed by atoms with E-state index in [-0.39, 0.29) is 0 Å². The van der Waals surface area contributed by atoms with Gasteiger partial charge in [0.05, 0.1) is 0 Å². The van der Waals surface area contributed by atoms with E-state index in [1.807, 2.05) is 30.3 Å². The molecule has 0 bridgehead atoms. The molecule has 139 heavy (non-hydrogen) atoms. The van der Waals surface area contributed by atoms with E-state index in [0.29, 0.717) is 46.6 Å². The summed E-state index contributed by atoms with van der Waals surface area (Å²) in [6, 6.07) is 165. The first-order chi connectivity index (χ1) is 68.2. The molecule has 19 aromatic carbocycles. The van der Waals surface area contributed by atoms with Crippen molar-refractivity contribution in [2.24, 2.45) is 0 Å². The predicted molar refractivity (Wildman–Crippen MR) is 585 cm³/mol. The summed E-state index contributed by atoms with van der Waals surface area (Å²) in [5.41, 5.74) is 30.9. The molecule has 0 saturated heterocycles. The Kier molecular flexibility index (Phi) is 22.6. The lowest BCUT2D eigenvalue weighted by Crippen LogP contribution is -2.50. The summed E-state index contributed by atoms with van der Waals surface area (Å²) in [5.74, 6) is 6.12. The minimum absolute atomic E-state index is 0.663. The third-order valence-electron chi connectivity index (χ3n) is 27.9. The number of hydrogen-bond acceptors (Lipinski definition) is 9. The molecular weight excluding hydrogens is 1740 g/mol. The summed E-state index contributed by atoms with van der Waals surface area (Å²) >= 11 is 0. The topological polar surface area (TPSA) is 116 Å². The molecule has 0 unspecified atom stereocenters. The van der Waals surface area contributed by atoms with Gasteiger partial charge in [0, 0.05) is 50.1 Å². The van der Waals surface area contributed by atoms with E-state index in [2.05, 4.69) is 476 Å². The van der Waals surface area contributed by atoms with Crippen LogP contribution in [-0.4, -0.2) is 69.1 Å². The van der Waals surface area contributed by atoms with Crippen molar-refractivity contribution in [3.8, 4) is 203 Å². The molecule has 3 aromatic heterocycles. The molecule has 6 heterocycles. The van der Waals surface area contributed by atoms with Gasteiger partial charge in [-0.25, -0.2) is 44.9 Å². The van der Waals surface area contributed by atoms with Crippen molar-refractivity contribution in [2.45, 2.75) is 39.3 Å². The molecule has 660 valence electrons. The zero-order valence-electron chi connectivity index (χ0n) is 78.0. The minimum atomic E-state index is -1.99. The summed E-state index contributed by atoms with van der Waals surface area (Å²) in [6.07, 6.45) is 0. The van der Waals surface area contributed by atoms with E-state index in [1.54, 1.807) is 0 Å². The van der Waals surface area contributed by atoms with Gasteiger partial charge in [0.1, 0.15) is 24.2 Å². The van der Waals surface area contributed by atoms with Crippen molar-refractivity contribution >= 4 is 66.1 Å². The van der Waals surface area contributed by atoms with E-state index in [0.717, 1.165) is 94.7 Å². The second-order valence-corrected chi connectivity index (χ2v) is 50.3. The molecule has 0 aliphatic carbocycles. The third kappa shape index (κ3) is 16.4. The highest BCUT2D eigenvalue weighted by Crippen LogP contribution is 2.44. The van der Waals surface area contributed by atoms with Gasteiger partial charge in [-0.2, -0.15) is 0 Å². The van der Waals surface area contributed by atoms with Crippen LogP contribution in [-0.2, 0) is 0 Å². The standard InChI is InChI=1S/C45H33N3Si.2C41H31N3Si/c1-49(2)40-26-14-13-24-38(40)42-39(25-15-27-41(42)49)45-47-43(36-23-12-9-20-32(36)30-16-5-3-6-17-30)46-44(48-45)37-29-28-33(31-18-7-4-8-19-31)34-21-10-11-22-35(34)37;1-45(2)37-19-10-9-16-34(37)35-17-11-18-36(38(35)45)41-43-39(32-24-20-30(21-25-32)28-12-5-3-6-13-28)42-40(44-41)33-26-22-31(23-27-33)29-14-7-4-8-15-29;1-45(2)37-16-10-9-15-35(37)36-26-25-34(27-38(36)45)41-43-39(32-21-17-30(18-22-32)28-11-5-3-6-12-28)42-40(44-41)33-23-19-31(20-24-33)29-13-7-4-8-14-29/h3-29H,1-2H3;2*3-27H,1-2H3. The van der Waals surface area contributed by atoms with Crippen molar-refractivity contribution in [3.63, 3.8) is 0 Å². The van der Waals surface area contributed by atoms with Crippen LogP contribution < -0.4 is 31.1 Å². The average molecular weight is 1830 g/mol. The van der Waals surface area contributed by atoms with Gasteiger partial charge in [-0.3, -0.25) is 0 Å². The molecule has 0 fully saturated rings. The van der Waals surface area contributed by atoms with E-state index < -0.39 is 24.2 Å². The van der Waals surface area contributed by atoms with Gasteiger partial charge >= 0.3 is 0 Å². The van der Waals surface area contributed by atoms with E-state index in [4.69, 9.17) is 44.9 Å². The molecule has 0 spiro atoms. The number of hydrogen-bond donors (Lipinski definition) is 0. The summed E-state index contributed by atoms with van der Waals surface area (Å²) in [6.45, 7) is 14.6. The van der Waals surface area contributed by atoms with Crippen LogP contribution in [0.4, 0.5) is 0 Å². The molecule has 3 aliphatic rings. The van der Waals surface area contributed by atoms with Gasteiger partial charge in [0.25, 0.3) is 0 Å². The fourth-order valence-corrected chi connectivity index (χ4v) is 30.4. The SMILES string of the molecule is C[Si]1(C)c2ccccc2-c2c(-c3nc(-c4ccccc4-c4ccccc4)nc(-c4ccc(-c5ccccc5)c5ccccc45)n3)cccc21.C[Si]1(C)c2ccccc2-c2ccc(-c3nc(-c4ccc(-c5ccccc5)cc4)nc(-c4ccc(-c5ccccc5)cc4)n3)cc21.C[Si]1(C)c2ccccc2-c2cccc(-c3nc(-c4ccc(-c5ccccc5)cc4)nc(-c4ccc(-c5ccccc5)cc4)n3)c21. The fourth-order valence-electron chi connectivity index (χ4n) is 20.8. The first-order valence-corrected chi connectivity index (χ1v) is 56.5. The van der Waals surface area contributed by atoms with Crippen LogP contribution in [0.2, 0.25) is 39.3 Å². The molecule has 12 heteroatoms. The molecule has 0 amide bonds. The van der Waals surface area contributed by atoms with Crippen LogP contribution in [0.1, 0.15) is 0 Å². The van der Waals surface area contributed by atoms with Crippen molar-refractivity contribution in [1.29, 1.82) is 0 Å². The number of fused-ring (bicyclic) bond motifs is 10. The van der Waals surface area contributed by atoms with Crippen LogP contribution in [0.15, 0.2) is 467 Å². The number of rotatable bonds is 15. The Morgan fingerprint density at radius 2 is 0.374 bits per heavy atom. The third-order valence-corrected chi connectivity index (χ3v) is 38.6. The Morgan fingerprint density at radius 3 is 0.835 bits per heavy atom. The summed E-state index contributed by atoms with van der Waals surface area (Å²) < 4.78 is 0. The fraction of sp³-hybridized carbons (Fsp3) is 0.0472. The number of nitrogens with zero attached hydrogens (tertiary/aromatic N) is 9. The smallest absolute Gasteiger partial charge is 0.164 e. The second-order valence-electron chi connectivity index (χ2n) is 37.4. The van der Waals surface area contributed by atoms with Crippen molar-refractivity contribution < 1.29 is 0 Å². The maximum atomic E-state index is 5.35. The Bertz CT molecular complexity index is 8200. The van der Waals surface area contributed by atoms with Crippen molar-refractivity contribution in [3.05, 3.63) is 467 Å². The van der Waals surface area contributed by atoms with E-state index in [9.17, 15) is 0 Å². The summed E-state index contributed by atoms with van der Waals surface area (Å²) in [7, 11) is -5.74. The first kappa shape index (κ1) is 86.3. The Labute approximate surface area is 814 Å². The number of aromatic nitrogens is 9. The van der Waals surface area contributed by atoms with Crippen LogP contribution >= 0.6 is 0 Å². The second kappa shape index (κ2) is 36.4. The quantitative estimate of drug-likeness (QED) is 0.0925. The zero-order chi connectivity index (χ0) is 93.7. The van der Waals surface area contributed by atoms with Gasteiger partial charge in [-0.05, 0) is 148 Å². The van der Waals surface area contributed by atoms with E-state index in [1.165, 1.54) is 103 Å². The number of benzene rings is 19. The average Bonchev–Trinajstić information content (AvgIpc) is 1.55. The van der Waals surface area contributed by atoms with Gasteiger partial charge in [-0.15, -0.1) is 0 Å². The molecule has 9 nitrogen and oxygen atoms in total. The molecular formula is C127H95N9Si3. The van der Waals surface area contributed by atoms with Crippen LogP contribution in [0.25, 0.3) is 213 Å². The molecule has 25 rings (SSSR count). The molecule has 0 radical (unpaired) electrons. The minimum Gasteiger partial charge on any atom is -0.208 e. The lowest BCUT2D eigenvalue weighted by Gasteiger charge is -2.21. The lowest BCUT2D eigenvalue weighted by molar-refractivity contribution is 1.07. The highest BCUT2D eigenvalue weighted by molar-refractivity contribution is 7.05. The van der Waals surface area contributed by atoms with Gasteiger partial charge in [0.15, 0.2) is 52.4 Å². The normalized spacial score (nSPS) is 12.8. The van der Waals surface area contributed by atoms with Gasteiger partial charge in [-0.1, -0.05) is 500 Å². The Balaban J connectivity index is 0.000000117. The Hall–Kier alpha value is -16.9. The summed E-state index contributed by atoms with van der Waals surface area (Å²) in [5, 5.41) is 11.0. The Morgan fingerprint density at radius 1 is 0.129 bits per heavy atom. The van der Waals surface area contributed by atoms with Gasteiger partial charge < -0.3 is 0 Å². The largest absolute Gasteiger partial charge is 0.208 e. The monoisotopic (exact) mass is 1830 g/mol. The molecule has 0 atom stereocenters. The van der Waals surface area contributed by atoms with Crippen molar-refractivity contribution in [1.82, 2.24) is 44.9 Å². The van der Waals surface area contributed by atoms with Crippen molar-refractivity contribution in [2.75, 3.05) is 0 Å². The zero-order valence-corrected chi connectivity index (χ0v) is 81.0. The van der Waals surface area contributed by atoms with E-state index >= 15 is 0 Å². The maximum absolute atomic E-state index is 5.35. The molecule has 3 aliphatic heterocycles. The van der Waals surface area contributed by atoms with Crippen LogP contribution in [0, 0.1) is 0 Å². The van der Waals surface area contributed by atoms with Gasteiger partial charge in [0.2, 0.25) is 0 Å². The van der Waals surface area contributed by atoms with Crippen LogP contribution in [0.5, 0.6) is 0 Å². The first-order valence-electron chi connectivity index (χ1n) is 47.5.